The molecule has 4 heteroatoms. The van der Waals surface area contributed by atoms with Crippen LogP contribution in [-0.2, 0) is 4.79 Å². The molecule has 2 rings (SSSR count). The zero-order chi connectivity index (χ0) is 12.6. The Kier molecular flexibility index (Phi) is 3.32. The van der Waals surface area contributed by atoms with Crippen LogP contribution < -0.4 is 5.32 Å². The van der Waals surface area contributed by atoms with E-state index in [0.29, 0.717) is 10.4 Å². The van der Waals surface area contributed by atoms with Crippen molar-refractivity contribution in [2.45, 2.75) is 19.4 Å². The summed E-state index contributed by atoms with van der Waals surface area (Å²) in [4.78, 5) is 12.0. The van der Waals surface area contributed by atoms with Crippen molar-refractivity contribution >= 4 is 39.0 Å². The van der Waals surface area contributed by atoms with Crippen molar-refractivity contribution in [3.05, 3.63) is 40.4 Å². The van der Waals surface area contributed by atoms with Crippen molar-refractivity contribution in [2.24, 2.45) is 0 Å². The normalized spacial score (nSPS) is 18.5. The van der Waals surface area contributed by atoms with Crippen molar-refractivity contribution < 1.29 is 4.79 Å². The summed E-state index contributed by atoms with van der Waals surface area (Å²) in [6.07, 6.45) is 0. The van der Waals surface area contributed by atoms with Gasteiger partial charge < -0.3 is 5.32 Å². The van der Waals surface area contributed by atoms with Crippen LogP contribution in [0.25, 0.3) is 5.57 Å². The van der Waals surface area contributed by atoms with Crippen molar-refractivity contribution in [3.8, 4) is 0 Å². The molecule has 0 unspecified atom stereocenters. The van der Waals surface area contributed by atoms with Crippen LogP contribution in [0.4, 0.5) is 0 Å². The standard InChI is InChI=1S/C13H13BrClNO/c1-13(2)10(7-14)11(12(17)16-13)8-3-5-9(15)6-4-8/h3-6H,7H2,1-2H3,(H,16,17). The van der Waals surface area contributed by atoms with E-state index in [1.807, 2.05) is 26.0 Å². The topological polar surface area (TPSA) is 29.1 Å². The molecule has 1 aliphatic rings. The molecule has 0 atom stereocenters. The fourth-order valence-electron chi connectivity index (χ4n) is 2.03. The van der Waals surface area contributed by atoms with Crippen molar-refractivity contribution in [1.29, 1.82) is 0 Å². The third-order valence-corrected chi connectivity index (χ3v) is 3.79. The Bertz CT molecular complexity index is 491. The Morgan fingerprint density at radius 1 is 1.29 bits per heavy atom. The smallest absolute Gasteiger partial charge is 0.252 e. The number of carbonyl (C=O) groups is 1. The number of hydrogen-bond donors (Lipinski definition) is 1. The highest BCUT2D eigenvalue weighted by Crippen LogP contribution is 2.34. The lowest BCUT2D eigenvalue weighted by Crippen LogP contribution is -2.38. The number of alkyl halides is 1. The van der Waals surface area contributed by atoms with Gasteiger partial charge in [-0.2, -0.15) is 0 Å². The Hall–Kier alpha value is -0.800. The van der Waals surface area contributed by atoms with Crippen molar-refractivity contribution in [2.75, 3.05) is 5.33 Å². The minimum Gasteiger partial charge on any atom is -0.343 e. The minimum absolute atomic E-state index is 0.0215. The van der Waals surface area contributed by atoms with Crippen LogP contribution in [0.2, 0.25) is 5.02 Å². The Balaban J connectivity index is 2.55. The van der Waals surface area contributed by atoms with Gasteiger partial charge in [-0.25, -0.2) is 0 Å². The lowest BCUT2D eigenvalue weighted by Gasteiger charge is -2.21. The molecule has 0 radical (unpaired) electrons. The van der Waals surface area contributed by atoms with Crippen LogP contribution in [0.15, 0.2) is 29.8 Å². The Morgan fingerprint density at radius 3 is 2.41 bits per heavy atom. The van der Waals surface area contributed by atoms with Gasteiger partial charge in [0.25, 0.3) is 5.91 Å². The maximum atomic E-state index is 12.0. The molecule has 1 amide bonds. The van der Waals surface area contributed by atoms with Gasteiger partial charge in [-0.05, 0) is 37.1 Å². The van der Waals surface area contributed by atoms with E-state index >= 15 is 0 Å². The van der Waals surface area contributed by atoms with E-state index in [1.54, 1.807) is 12.1 Å². The summed E-state index contributed by atoms with van der Waals surface area (Å²) in [5, 5.41) is 4.33. The minimum atomic E-state index is -0.296. The van der Waals surface area contributed by atoms with Gasteiger partial charge in [-0.3, -0.25) is 4.79 Å². The molecule has 1 aromatic rings. The van der Waals surface area contributed by atoms with Gasteiger partial charge in [-0.15, -0.1) is 0 Å². The van der Waals surface area contributed by atoms with Gasteiger partial charge in [-0.1, -0.05) is 39.7 Å². The van der Waals surface area contributed by atoms with Crippen LogP contribution in [0.3, 0.4) is 0 Å². The van der Waals surface area contributed by atoms with Crippen LogP contribution in [0.1, 0.15) is 19.4 Å². The highest BCUT2D eigenvalue weighted by atomic mass is 79.9. The van der Waals surface area contributed by atoms with E-state index in [1.165, 1.54) is 0 Å². The molecule has 17 heavy (non-hydrogen) atoms. The van der Waals surface area contributed by atoms with E-state index < -0.39 is 0 Å². The first-order chi connectivity index (χ1) is 7.95. The first-order valence-electron chi connectivity index (χ1n) is 5.34. The lowest BCUT2D eigenvalue weighted by atomic mass is 9.93. The first-order valence-corrected chi connectivity index (χ1v) is 6.83. The van der Waals surface area contributed by atoms with Gasteiger partial charge >= 0.3 is 0 Å². The zero-order valence-corrected chi connectivity index (χ0v) is 12.0. The van der Waals surface area contributed by atoms with Gasteiger partial charge in [0.15, 0.2) is 0 Å². The number of amides is 1. The molecular formula is C13H13BrClNO. The van der Waals surface area contributed by atoms with Crippen molar-refractivity contribution in [1.82, 2.24) is 5.32 Å². The fraction of sp³-hybridized carbons (Fsp3) is 0.308. The summed E-state index contributed by atoms with van der Waals surface area (Å²) in [6.45, 7) is 4.01. The van der Waals surface area contributed by atoms with E-state index in [4.69, 9.17) is 11.6 Å². The average molecular weight is 315 g/mol. The third kappa shape index (κ3) is 2.26. The average Bonchev–Trinajstić information content (AvgIpc) is 2.48. The molecule has 1 heterocycles. The largest absolute Gasteiger partial charge is 0.343 e. The number of nitrogens with one attached hydrogen (secondary N) is 1. The molecule has 0 fully saturated rings. The predicted molar refractivity (Wildman–Crippen MR) is 74.4 cm³/mol. The summed E-state index contributed by atoms with van der Waals surface area (Å²) < 4.78 is 0. The van der Waals surface area contributed by atoms with Crippen LogP contribution >= 0.6 is 27.5 Å². The van der Waals surface area contributed by atoms with Gasteiger partial charge in [0.05, 0.1) is 5.54 Å². The monoisotopic (exact) mass is 313 g/mol. The Morgan fingerprint density at radius 2 is 1.88 bits per heavy atom. The summed E-state index contributed by atoms with van der Waals surface area (Å²) in [5.74, 6) is -0.0215. The number of rotatable bonds is 2. The second-order valence-corrected chi connectivity index (χ2v) is 5.57. The second kappa shape index (κ2) is 4.46. The number of benzene rings is 1. The molecule has 0 saturated heterocycles. The summed E-state index contributed by atoms with van der Waals surface area (Å²) >= 11 is 9.31. The molecule has 1 aliphatic heterocycles. The predicted octanol–water partition coefficient (Wildman–Crippen LogP) is 3.40. The molecule has 1 N–H and O–H groups in total. The van der Waals surface area contributed by atoms with Crippen molar-refractivity contribution in [3.63, 3.8) is 0 Å². The first kappa shape index (κ1) is 12.7. The maximum Gasteiger partial charge on any atom is 0.252 e. The SMILES string of the molecule is CC1(C)NC(=O)C(c2ccc(Cl)cc2)=C1CBr. The van der Waals surface area contributed by atoms with E-state index in [0.717, 1.165) is 16.7 Å². The lowest BCUT2D eigenvalue weighted by molar-refractivity contribution is -0.115. The molecule has 0 aliphatic carbocycles. The molecule has 2 nitrogen and oxygen atoms in total. The maximum absolute atomic E-state index is 12.0. The van der Waals surface area contributed by atoms with Crippen LogP contribution in [0.5, 0.6) is 0 Å². The van der Waals surface area contributed by atoms with E-state index in [9.17, 15) is 4.79 Å². The second-order valence-electron chi connectivity index (χ2n) is 4.57. The van der Waals surface area contributed by atoms with Gasteiger partial charge in [0, 0.05) is 15.9 Å². The molecule has 0 spiro atoms. The van der Waals surface area contributed by atoms with Crippen LogP contribution in [0, 0.1) is 0 Å². The quantitative estimate of drug-likeness (QED) is 0.833. The summed E-state index contributed by atoms with van der Waals surface area (Å²) in [6, 6.07) is 7.35. The van der Waals surface area contributed by atoms with Gasteiger partial charge in [0.2, 0.25) is 0 Å². The Labute approximate surface area is 114 Å². The van der Waals surface area contributed by atoms with E-state index in [-0.39, 0.29) is 11.4 Å². The molecule has 0 aromatic heterocycles. The molecule has 0 bridgehead atoms. The fourth-order valence-corrected chi connectivity index (χ4v) is 3.13. The molecule has 90 valence electrons. The molecule has 0 saturated carbocycles. The molecule has 1 aromatic carbocycles. The zero-order valence-electron chi connectivity index (χ0n) is 9.68. The summed E-state index contributed by atoms with van der Waals surface area (Å²) in [7, 11) is 0. The van der Waals surface area contributed by atoms with Crippen LogP contribution in [-0.4, -0.2) is 16.8 Å². The summed E-state index contributed by atoms with van der Waals surface area (Å²) in [5.41, 5.74) is 2.44. The highest BCUT2D eigenvalue weighted by molar-refractivity contribution is 9.09. The number of halogens is 2. The van der Waals surface area contributed by atoms with E-state index in [2.05, 4.69) is 21.2 Å². The molecular weight excluding hydrogens is 302 g/mol. The van der Waals surface area contributed by atoms with Gasteiger partial charge in [0.1, 0.15) is 0 Å². The number of carbonyl (C=O) groups excluding carboxylic acids is 1. The number of hydrogen-bond acceptors (Lipinski definition) is 1. The highest BCUT2D eigenvalue weighted by Gasteiger charge is 2.37. The third-order valence-electron chi connectivity index (χ3n) is 2.98.